The van der Waals surface area contributed by atoms with Crippen LogP contribution in [-0.4, -0.2) is 67.1 Å². The minimum atomic E-state index is 0.0287. The molecule has 7 nitrogen and oxygen atoms in total. The minimum Gasteiger partial charge on any atom is -0.353 e. The first-order valence-electron chi connectivity index (χ1n) is 8.36. The van der Waals surface area contributed by atoms with Gasteiger partial charge in [-0.2, -0.15) is 4.98 Å². The van der Waals surface area contributed by atoms with Gasteiger partial charge in [0.25, 0.3) is 0 Å². The van der Waals surface area contributed by atoms with E-state index in [2.05, 4.69) is 14.9 Å². The van der Waals surface area contributed by atoms with Gasteiger partial charge < -0.3 is 20.4 Å². The molecule has 1 saturated carbocycles. The minimum absolute atomic E-state index is 0.0287. The lowest BCUT2D eigenvalue weighted by molar-refractivity contribution is -0.136. The van der Waals surface area contributed by atoms with E-state index < -0.39 is 0 Å². The molecule has 0 aromatic carbocycles. The maximum Gasteiger partial charge on any atom is 0.227 e. The number of piperazine rings is 1. The molecule has 1 aromatic heterocycles. The van der Waals surface area contributed by atoms with E-state index in [1.807, 2.05) is 30.0 Å². The Morgan fingerprint density at radius 3 is 2.61 bits per heavy atom. The van der Waals surface area contributed by atoms with Crippen molar-refractivity contribution in [1.29, 1.82) is 0 Å². The molecule has 1 aliphatic carbocycles. The molecule has 1 aliphatic heterocycles. The predicted molar refractivity (Wildman–Crippen MR) is 90.5 cm³/mol. The van der Waals surface area contributed by atoms with Gasteiger partial charge in [-0.3, -0.25) is 4.79 Å². The van der Waals surface area contributed by atoms with Crippen LogP contribution in [0.1, 0.15) is 19.3 Å². The van der Waals surface area contributed by atoms with Gasteiger partial charge >= 0.3 is 0 Å². The van der Waals surface area contributed by atoms with Gasteiger partial charge in [0.2, 0.25) is 11.9 Å². The first kappa shape index (κ1) is 16.0. The van der Waals surface area contributed by atoms with Crippen molar-refractivity contribution in [3.8, 4) is 0 Å². The summed E-state index contributed by atoms with van der Waals surface area (Å²) in [6, 6.07) is 1.97. The Labute approximate surface area is 137 Å². The summed E-state index contributed by atoms with van der Waals surface area (Å²) in [6.45, 7) is 3.09. The molecule has 0 bridgehead atoms. The summed E-state index contributed by atoms with van der Waals surface area (Å²) in [7, 11) is 3.86. The molecule has 2 unspecified atom stereocenters. The van der Waals surface area contributed by atoms with Crippen molar-refractivity contribution in [2.45, 2.75) is 25.3 Å². The summed E-state index contributed by atoms with van der Waals surface area (Å²) in [5, 5.41) is 0. The normalized spacial score (nSPS) is 24.8. The highest BCUT2D eigenvalue weighted by Gasteiger charge is 2.34. The molecule has 1 aromatic rings. The molecule has 2 N–H and O–H groups in total. The molecule has 0 spiro atoms. The topological polar surface area (TPSA) is 78.6 Å². The van der Waals surface area contributed by atoms with E-state index in [-0.39, 0.29) is 17.9 Å². The number of rotatable bonds is 3. The Kier molecular flexibility index (Phi) is 4.66. The summed E-state index contributed by atoms with van der Waals surface area (Å²) in [5.41, 5.74) is 6.07. The molecule has 7 heteroatoms. The fraction of sp³-hybridized carbons (Fsp3) is 0.688. The third-order valence-electron chi connectivity index (χ3n) is 4.83. The lowest BCUT2D eigenvalue weighted by atomic mass is 10.0. The van der Waals surface area contributed by atoms with Gasteiger partial charge in [0.05, 0.1) is 5.92 Å². The van der Waals surface area contributed by atoms with E-state index in [1.165, 1.54) is 0 Å². The third-order valence-corrected chi connectivity index (χ3v) is 4.83. The van der Waals surface area contributed by atoms with Crippen LogP contribution in [0.15, 0.2) is 12.3 Å². The highest BCUT2D eigenvalue weighted by molar-refractivity contribution is 5.80. The molecule has 3 rings (SSSR count). The van der Waals surface area contributed by atoms with Gasteiger partial charge in [0, 0.05) is 52.5 Å². The average molecular weight is 318 g/mol. The van der Waals surface area contributed by atoms with Crippen LogP contribution >= 0.6 is 0 Å². The van der Waals surface area contributed by atoms with Gasteiger partial charge in [0.15, 0.2) is 0 Å². The van der Waals surface area contributed by atoms with Crippen molar-refractivity contribution < 1.29 is 4.79 Å². The molecule has 1 amide bonds. The number of aromatic nitrogens is 2. The van der Waals surface area contributed by atoms with E-state index >= 15 is 0 Å². The first-order chi connectivity index (χ1) is 11.1. The highest BCUT2D eigenvalue weighted by Crippen LogP contribution is 2.26. The number of carbonyl (C=O) groups excluding carboxylic acids is 1. The quantitative estimate of drug-likeness (QED) is 0.865. The van der Waals surface area contributed by atoms with E-state index in [4.69, 9.17) is 5.73 Å². The second kappa shape index (κ2) is 6.70. The van der Waals surface area contributed by atoms with E-state index in [1.54, 1.807) is 6.20 Å². The summed E-state index contributed by atoms with van der Waals surface area (Å²) in [5.74, 6) is 1.90. The molecular weight excluding hydrogens is 292 g/mol. The molecule has 23 heavy (non-hydrogen) atoms. The number of amides is 1. The zero-order valence-electron chi connectivity index (χ0n) is 14.0. The SMILES string of the molecule is CN(C)c1nccc(N2CCN(C(=O)C3CCCC3N)CC2)n1. The second-order valence-corrected chi connectivity index (χ2v) is 6.62. The largest absolute Gasteiger partial charge is 0.353 e. The number of nitrogens with two attached hydrogens (primary N) is 1. The van der Waals surface area contributed by atoms with Crippen molar-refractivity contribution in [3.63, 3.8) is 0 Å². The zero-order valence-corrected chi connectivity index (χ0v) is 14.0. The first-order valence-corrected chi connectivity index (χ1v) is 8.36. The molecule has 1 saturated heterocycles. The van der Waals surface area contributed by atoms with Crippen LogP contribution in [0.2, 0.25) is 0 Å². The Hall–Kier alpha value is -1.89. The second-order valence-electron chi connectivity index (χ2n) is 6.62. The Bertz CT molecular complexity index is 555. The summed E-state index contributed by atoms with van der Waals surface area (Å²) >= 11 is 0. The smallest absolute Gasteiger partial charge is 0.227 e. The number of hydrogen-bond acceptors (Lipinski definition) is 6. The van der Waals surface area contributed by atoms with Crippen LogP contribution in [0.3, 0.4) is 0 Å². The Morgan fingerprint density at radius 2 is 2.00 bits per heavy atom. The number of nitrogens with zero attached hydrogens (tertiary/aromatic N) is 5. The van der Waals surface area contributed by atoms with Gasteiger partial charge in [0.1, 0.15) is 5.82 Å². The maximum atomic E-state index is 12.6. The van der Waals surface area contributed by atoms with Gasteiger partial charge in [-0.25, -0.2) is 4.98 Å². The summed E-state index contributed by atoms with van der Waals surface area (Å²) < 4.78 is 0. The van der Waals surface area contributed by atoms with Crippen LogP contribution in [-0.2, 0) is 4.79 Å². The number of hydrogen-bond donors (Lipinski definition) is 1. The van der Waals surface area contributed by atoms with Crippen molar-refractivity contribution in [2.24, 2.45) is 11.7 Å². The van der Waals surface area contributed by atoms with Crippen molar-refractivity contribution in [2.75, 3.05) is 50.1 Å². The van der Waals surface area contributed by atoms with Crippen LogP contribution in [0.4, 0.5) is 11.8 Å². The van der Waals surface area contributed by atoms with Crippen LogP contribution in [0.5, 0.6) is 0 Å². The van der Waals surface area contributed by atoms with E-state index in [9.17, 15) is 4.79 Å². The molecule has 2 aliphatic rings. The van der Waals surface area contributed by atoms with Gasteiger partial charge in [-0.1, -0.05) is 6.42 Å². The molecule has 0 radical (unpaired) electrons. The van der Waals surface area contributed by atoms with E-state index in [0.717, 1.165) is 51.3 Å². The zero-order chi connectivity index (χ0) is 16.4. The van der Waals surface area contributed by atoms with Gasteiger partial charge in [-0.15, -0.1) is 0 Å². The standard InChI is InChI=1S/C16H26N6O/c1-20(2)16-18-7-6-14(19-16)21-8-10-22(11-9-21)15(23)12-4-3-5-13(12)17/h6-7,12-13H,3-5,8-11,17H2,1-2H3. The molecular formula is C16H26N6O. The van der Waals surface area contributed by atoms with Crippen molar-refractivity contribution in [1.82, 2.24) is 14.9 Å². The average Bonchev–Trinajstić information content (AvgIpc) is 3.00. The number of carbonyl (C=O) groups is 1. The fourth-order valence-corrected chi connectivity index (χ4v) is 3.42. The van der Waals surface area contributed by atoms with Crippen LogP contribution in [0.25, 0.3) is 0 Å². The summed E-state index contributed by atoms with van der Waals surface area (Å²) in [6.07, 6.45) is 4.78. The molecule has 2 fully saturated rings. The molecule has 126 valence electrons. The lowest BCUT2D eigenvalue weighted by Crippen LogP contribution is -2.52. The summed E-state index contributed by atoms with van der Waals surface area (Å²) in [4.78, 5) is 27.5. The van der Waals surface area contributed by atoms with Crippen LogP contribution in [0, 0.1) is 5.92 Å². The number of anilines is 2. The van der Waals surface area contributed by atoms with E-state index in [0.29, 0.717) is 5.95 Å². The molecule has 2 atom stereocenters. The van der Waals surface area contributed by atoms with Gasteiger partial charge in [-0.05, 0) is 18.9 Å². The van der Waals surface area contributed by atoms with Crippen molar-refractivity contribution >= 4 is 17.7 Å². The highest BCUT2D eigenvalue weighted by atomic mass is 16.2. The monoisotopic (exact) mass is 318 g/mol. The third kappa shape index (κ3) is 3.39. The van der Waals surface area contributed by atoms with Crippen LogP contribution < -0.4 is 15.5 Å². The maximum absolute atomic E-state index is 12.6. The van der Waals surface area contributed by atoms with Crippen molar-refractivity contribution in [3.05, 3.63) is 12.3 Å². The Balaban J connectivity index is 1.60. The molecule has 2 heterocycles. The Morgan fingerprint density at radius 1 is 1.26 bits per heavy atom. The fourth-order valence-electron chi connectivity index (χ4n) is 3.42. The predicted octanol–water partition coefficient (Wildman–Crippen LogP) is 0.319. The lowest BCUT2D eigenvalue weighted by Gasteiger charge is -2.37.